The number of oxazole rings is 1. The minimum atomic E-state index is 0.402. The largest absolute Gasteiger partial charge is 0.443 e. The van der Waals surface area contributed by atoms with E-state index in [0.717, 1.165) is 17.0 Å². The van der Waals surface area contributed by atoms with Crippen molar-refractivity contribution in [3.8, 4) is 11.3 Å². The number of rotatable bonds is 2. The summed E-state index contributed by atoms with van der Waals surface area (Å²) in [5, 5.41) is 0. The van der Waals surface area contributed by atoms with E-state index in [2.05, 4.69) is 24.9 Å². The highest BCUT2D eigenvalue weighted by Crippen LogP contribution is 2.27. The highest BCUT2D eigenvalue weighted by Gasteiger charge is 2.12. The molecule has 3 nitrogen and oxygen atoms in total. The van der Waals surface area contributed by atoms with Gasteiger partial charge in [0.2, 0.25) is 0 Å². The molecule has 1 heterocycles. The smallest absolute Gasteiger partial charge is 0.181 e. The van der Waals surface area contributed by atoms with Crippen molar-refractivity contribution >= 4 is 0 Å². The molecule has 0 fully saturated rings. The Kier molecular flexibility index (Phi) is 2.56. The van der Waals surface area contributed by atoms with Crippen LogP contribution in [0.25, 0.3) is 11.3 Å². The van der Waals surface area contributed by atoms with Crippen LogP contribution >= 0.6 is 0 Å². The Morgan fingerprint density at radius 1 is 1.33 bits per heavy atom. The second-order valence-electron chi connectivity index (χ2n) is 3.58. The van der Waals surface area contributed by atoms with Gasteiger partial charge in [-0.15, -0.1) is 0 Å². The van der Waals surface area contributed by atoms with E-state index in [4.69, 9.17) is 10.2 Å². The summed E-state index contributed by atoms with van der Waals surface area (Å²) in [6, 6.07) is 6.12. The third-order valence-corrected chi connectivity index (χ3v) is 2.68. The maximum atomic E-state index is 5.60. The van der Waals surface area contributed by atoms with Crippen molar-refractivity contribution in [2.75, 3.05) is 0 Å². The maximum Gasteiger partial charge on any atom is 0.181 e. The van der Waals surface area contributed by atoms with Crippen molar-refractivity contribution in [3.63, 3.8) is 0 Å². The number of aromatic nitrogens is 1. The molecule has 1 aromatic carbocycles. The van der Waals surface area contributed by atoms with Crippen molar-refractivity contribution in [2.45, 2.75) is 20.4 Å². The number of benzene rings is 1. The number of nitrogens with zero attached hydrogens (tertiary/aromatic N) is 1. The lowest BCUT2D eigenvalue weighted by atomic mass is 10.0. The zero-order valence-corrected chi connectivity index (χ0v) is 8.95. The van der Waals surface area contributed by atoms with Gasteiger partial charge in [0.25, 0.3) is 0 Å². The molecule has 0 aliphatic heterocycles. The van der Waals surface area contributed by atoms with Gasteiger partial charge < -0.3 is 10.2 Å². The summed E-state index contributed by atoms with van der Waals surface area (Å²) in [7, 11) is 0. The van der Waals surface area contributed by atoms with Crippen LogP contribution in [0.4, 0.5) is 0 Å². The number of hydrogen-bond acceptors (Lipinski definition) is 3. The highest BCUT2D eigenvalue weighted by atomic mass is 16.3. The SMILES string of the molecule is Cc1cccc(-c2ocnc2CN)c1C. The van der Waals surface area contributed by atoms with Crippen molar-refractivity contribution in [1.29, 1.82) is 0 Å². The summed E-state index contributed by atoms with van der Waals surface area (Å²) in [4.78, 5) is 4.09. The predicted molar refractivity (Wildman–Crippen MR) is 59.3 cm³/mol. The van der Waals surface area contributed by atoms with Gasteiger partial charge >= 0.3 is 0 Å². The van der Waals surface area contributed by atoms with E-state index in [1.165, 1.54) is 17.5 Å². The summed E-state index contributed by atoms with van der Waals surface area (Å²) in [6.45, 7) is 4.56. The summed E-state index contributed by atoms with van der Waals surface area (Å²) in [5.74, 6) is 0.790. The molecule has 0 unspecified atom stereocenters. The topological polar surface area (TPSA) is 52.0 Å². The van der Waals surface area contributed by atoms with Gasteiger partial charge in [-0.1, -0.05) is 18.2 Å². The molecule has 1 aromatic heterocycles. The summed E-state index contributed by atoms with van der Waals surface area (Å²) in [6.07, 6.45) is 1.44. The lowest BCUT2D eigenvalue weighted by molar-refractivity contribution is 0.570. The first-order chi connectivity index (χ1) is 7.24. The molecule has 2 rings (SSSR count). The second kappa shape index (κ2) is 3.87. The second-order valence-corrected chi connectivity index (χ2v) is 3.58. The molecule has 3 heteroatoms. The van der Waals surface area contributed by atoms with E-state index in [1.54, 1.807) is 0 Å². The van der Waals surface area contributed by atoms with E-state index in [0.29, 0.717) is 6.54 Å². The number of hydrogen-bond donors (Lipinski definition) is 1. The average molecular weight is 202 g/mol. The van der Waals surface area contributed by atoms with Crippen LogP contribution in [0.15, 0.2) is 29.0 Å². The third kappa shape index (κ3) is 1.66. The molecule has 0 atom stereocenters. The maximum absolute atomic E-state index is 5.60. The Bertz CT molecular complexity index is 474. The first-order valence-corrected chi connectivity index (χ1v) is 4.93. The average Bonchev–Trinajstić information content (AvgIpc) is 2.70. The first-order valence-electron chi connectivity index (χ1n) is 4.93. The molecule has 2 aromatic rings. The fraction of sp³-hybridized carbons (Fsp3) is 0.250. The zero-order valence-electron chi connectivity index (χ0n) is 8.95. The van der Waals surface area contributed by atoms with Crippen molar-refractivity contribution in [2.24, 2.45) is 5.73 Å². The highest BCUT2D eigenvalue weighted by molar-refractivity contribution is 5.65. The monoisotopic (exact) mass is 202 g/mol. The van der Waals surface area contributed by atoms with Crippen LogP contribution in [0.5, 0.6) is 0 Å². The Morgan fingerprint density at radius 3 is 2.87 bits per heavy atom. The number of nitrogens with two attached hydrogens (primary N) is 1. The molecule has 0 aliphatic rings. The quantitative estimate of drug-likeness (QED) is 0.813. The molecule has 2 N–H and O–H groups in total. The van der Waals surface area contributed by atoms with E-state index in [9.17, 15) is 0 Å². The predicted octanol–water partition coefficient (Wildman–Crippen LogP) is 2.42. The molecule has 0 saturated carbocycles. The van der Waals surface area contributed by atoms with Crippen LogP contribution in [0.2, 0.25) is 0 Å². The fourth-order valence-corrected chi connectivity index (χ4v) is 1.63. The standard InChI is InChI=1S/C12H14N2O/c1-8-4-3-5-10(9(8)2)12-11(6-13)14-7-15-12/h3-5,7H,6,13H2,1-2H3. The molecule has 0 bridgehead atoms. The summed E-state index contributed by atoms with van der Waals surface area (Å²) in [5.41, 5.74) is 9.94. The Morgan fingerprint density at radius 2 is 2.13 bits per heavy atom. The van der Waals surface area contributed by atoms with Crippen molar-refractivity contribution in [1.82, 2.24) is 4.98 Å². The molecule has 15 heavy (non-hydrogen) atoms. The lowest BCUT2D eigenvalue weighted by Gasteiger charge is -2.06. The molecular weight excluding hydrogens is 188 g/mol. The van der Waals surface area contributed by atoms with Crippen LogP contribution in [-0.4, -0.2) is 4.98 Å². The van der Waals surface area contributed by atoms with Crippen LogP contribution in [0, 0.1) is 13.8 Å². The van der Waals surface area contributed by atoms with Crippen LogP contribution in [-0.2, 0) is 6.54 Å². The Labute approximate surface area is 88.9 Å². The van der Waals surface area contributed by atoms with Gasteiger partial charge in [-0.05, 0) is 25.0 Å². The molecule has 78 valence electrons. The van der Waals surface area contributed by atoms with Gasteiger partial charge in [-0.2, -0.15) is 0 Å². The fourth-order valence-electron chi connectivity index (χ4n) is 1.63. The van der Waals surface area contributed by atoms with E-state index in [-0.39, 0.29) is 0 Å². The minimum Gasteiger partial charge on any atom is -0.443 e. The minimum absolute atomic E-state index is 0.402. The van der Waals surface area contributed by atoms with E-state index >= 15 is 0 Å². The van der Waals surface area contributed by atoms with Crippen LogP contribution in [0.1, 0.15) is 16.8 Å². The molecule has 0 amide bonds. The van der Waals surface area contributed by atoms with Gasteiger partial charge in [-0.25, -0.2) is 4.98 Å². The molecule has 0 spiro atoms. The van der Waals surface area contributed by atoms with Gasteiger partial charge in [-0.3, -0.25) is 0 Å². The van der Waals surface area contributed by atoms with Gasteiger partial charge in [0.1, 0.15) is 5.69 Å². The summed E-state index contributed by atoms with van der Waals surface area (Å²) >= 11 is 0. The normalized spacial score (nSPS) is 10.6. The van der Waals surface area contributed by atoms with E-state index < -0.39 is 0 Å². The Balaban J connectivity index is 2.59. The van der Waals surface area contributed by atoms with Gasteiger partial charge in [0.05, 0.1) is 0 Å². The zero-order chi connectivity index (χ0) is 10.8. The Hall–Kier alpha value is -1.61. The van der Waals surface area contributed by atoms with Crippen LogP contribution in [0.3, 0.4) is 0 Å². The lowest BCUT2D eigenvalue weighted by Crippen LogP contribution is -1.99. The third-order valence-electron chi connectivity index (χ3n) is 2.68. The molecule has 0 aliphatic carbocycles. The molecular formula is C12H14N2O. The summed E-state index contributed by atoms with van der Waals surface area (Å²) < 4.78 is 5.39. The van der Waals surface area contributed by atoms with Gasteiger partial charge in [0, 0.05) is 12.1 Å². The molecule has 0 saturated heterocycles. The van der Waals surface area contributed by atoms with Gasteiger partial charge in [0.15, 0.2) is 12.2 Å². The number of aryl methyl sites for hydroxylation is 1. The van der Waals surface area contributed by atoms with Crippen LogP contribution < -0.4 is 5.73 Å². The first kappa shape index (κ1) is 9.93. The van der Waals surface area contributed by atoms with Crippen molar-refractivity contribution in [3.05, 3.63) is 41.4 Å². The van der Waals surface area contributed by atoms with E-state index in [1.807, 2.05) is 12.1 Å². The van der Waals surface area contributed by atoms with Crippen molar-refractivity contribution < 1.29 is 4.42 Å². The molecule has 0 radical (unpaired) electrons.